The second kappa shape index (κ2) is 3.32. The number of aliphatic carboxylic acids is 1. The van der Waals surface area contributed by atoms with Crippen LogP contribution < -0.4 is 0 Å². The van der Waals surface area contributed by atoms with Crippen molar-refractivity contribution < 1.29 is 9.90 Å². The molecule has 1 saturated carbocycles. The van der Waals surface area contributed by atoms with Crippen molar-refractivity contribution in [3.63, 3.8) is 0 Å². The number of dihydropyridines is 1. The van der Waals surface area contributed by atoms with Crippen molar-refractivity contribution in [1.29, 1.82) is 0 Å². The summed E-state index contributed by atoms with van der Waals surface area (Å²) in [6.07, 6.45) is 8.31. The van der Waals surface area contributed by atoms with Gasteiger partial charge in [-0.3, -0.25) is 4.99 Å². The van der Waals surface area contributed by atoms with Gasteiger partial charge in [-0.15, -0.1) is 0 Å². The van der Waals surface area contributed by atoms with E-state index in [-0.39, 0.29) is 11.8 Å². The quantitative estimate of drug-likeness (QED) is 0.665. The van der Waals surface area contributed by atoms with Gasteiger partial charge in [-0.25, -0.2) is 4.79 Å². The first kappa shape index (κ1) is 8.48. The van der Waals surface area contributed by atoms with Crippen molar-refractivity contribution in [1.82, 2.24) is 0 Å². The summed E-state index contributed by atoms with van der Waals surface area (Å²) in [4.78, 5) is 14.9. The molecule has 0 bridgehead atoms. The fourth-order valence-corrected chi connectivity index (χ4v) is 2.09. The Morgan fingerprint density at radius 2 is 2.23 bits per heavy atom. The molecule has 0 aromatic rings. The largest absolute Gasteiger partial charge is 0.477 e. The maximum atomic E-state index is 10.6. The van der Waals surface area contributed by atoms with Crippen LogP contribution in [0.15, 0.2) is 17.1 Å². The highest BCUT2D eigenvalue weighted by Gasteiger charge is 2.26. The van der Waals surface area contributed by atoms with Gasteiger partial charge in [0.2, 0.25) is 0 Å². The predicted octanol–water partition coefficient (Wildman–Crippen LogP) is 1.64. The molecule has 1 heterocycles. The van der Waals surface area contributed by atoms with E-state index >= 15 is 0 Å². The predicted molar refractivity (Wildman–Crippen MR) is 50.0 cm³/mol. The second-order valence-corrected chi connectivity index (χ2v) is 3.69. The SMILES string of the molecule is O=C(O)C1=NC2CCCCC2C=C1. The van der Waals surface area contributed by atoms with Crippen LogP contribution in [-0.2, 0) is 4.79 Å². The number of nitrogens with zero attached hydrogens (tertiary/aromatic N) is 1. The van der Waals surface area contributed by atoms with Crippen LogP contribution in [0.25, 0.3) is 0 Å². The number of hydrogen-bond donors (Lipinski definition) is 1. The lowest BCUT2D eigenvalue weighted by molar-refractivity contribution is -0.129. The molecule has 3 heteroatoms. The van der Waals surface area contributed by atoms with Crippen LogP contribution >= 0.6 is 0 Å². The Kier molecular flexibility index (Phi) is 2.17. The van der Waals surface area contributed by atoms with Crippen molar-refractivity contribution in [2.45, 2.75) is 31.7 Å². The standard InChI is InChI=1S/C10H13NO2/c12-10(13)9-6-5-7-3-1-2-4-8(7)11-9/h5-8H,1-4H2,(H,12,13). The molecule has 0 amide bonds. The topological polar surface area (TPSA) is 49.7 Å². The smallest absolute Gasteiger partial charge is 0.354 e. The molecule has 2 aliphatic rings. The minimum absolute atomic E-state index is 0.225. The van der Waals surface area contributed by atoms with E-state index in [2.05, 4.69) is 4.99 Å². The molecule has 2 rings (SSSR count). The van der Waals surface area contributed by atoms with E-state index in [0.29, 0.717) is 5.92 Å². The summed E-state index contributed by atoms with van der Waals surface area (Å²) in [7, 11) is 0. The maximum Gasteiger partial charge on any atom is 0.354 e. The average molecular weight is 179 g/mol. The molecular weight excluding hydrogens is 166 g/mol. The summed E-state index contributed by atoms with van der Waals surface area (Å²) in [6, 6.07) is 0.241. The molecule has 1 aliphatic heterocycles. The van der Waals surface area contributed by atoms with Gasteiger partial charge in [-0.2, -0.15) is 0 Å². The minimum atomic E-state index is -0.903. The lowest BCUT2D eigenvalue weighted by Crippen LogP contribution is -2.28. The lowest BCUT2D eigenvalue weighted by atomic mass is 9.83. The molecule has 70 valence electrons. The second-order valence-electron chi connectivity index (χ2n) is 3.69. The van der Waals surface area contributed by atoms with Crippen LogP contribution in [0.3, 0.4) is 0 Å². The monoisotopic (exact) mass is 179 g/mol. The van der Waals surface area contributed by atoms with E-state index in [1.54, 1.807) is 6.08 Å². The molecule has 1 N–H and O–H groups in total. The highest BCUT2D eigenvalue weighted by atomic mass is 16.4. The summed E-state index contributed by atoms with van der Waals surface area (Å²) >= 11 is 0. The van der Waals surface area contributed by atoms with E-state index in [0.717, 1.165) is 12.8 Å². The molecule has 2 unspecified atom stereocenters. The van der Waals surface area contributed by atoms with Gasteiger partial charge in [0.15, 0.2) is 0 Å². The third-order valence-electron chi connectivity index (χ3n) is 2.81. The fourth-order valence-electron chi connectivity index (χ4n) is 2.09. The zero-order chi connectivity index (χ0) is 9.26. The van der Waals surface area contributed by atoms with Crippen molar-refractivity contribution in [2.75, 3.05) is 0 Å². The van der Waals surface area contributed by atoms with E-state index in [1.807, 2.05) is 6.08 Å². The molecule has 0 radical (unpaired) electrons. The Morgan fingerprint density at radius 3 is 3.00 bits per heavy atom. The first-order valence-corrected chi connectivity index (χ1v) is 4.76. The van der Waals surface area contributed by atoms with E-state index in [4.69, 9.17) is 5.11 Å². The number of aliphatic imine (C=N–C) groups is 1. The Labute approximate surface area is 77.2 Å². The Morgan fingerprint density at radius 1 is 1.46 bits per heavy atom. The van der Waals surface area contributed by atoms with Gasteiger partial charge in [0.1, 0.15) is 5.71 Å². The molecule has 0 spiro atoms. The van der Waals surface area contributed by atoms with Crippen LogP contribution in [0.1, 0.15) is 25.7 Å². The molecule has 3 nitrogen and oxygen atoms in total. The van der Waals surface area contributed by atoms with Crippen molar-refractivity contribution in [3.05, 3.63) is 12.2 Å². The van der Waals surface area contributed by atoms with Crippen molar-refractivity contribution >= 4 is 11.7 Å². The normalized spacial score (nSPS) is 32.2. The van der Waals surface area contributed by atoms with Crippen LogP contribution in [-0.4, -0.2) is 22.8 Å². The van der Waals surface area contributed by atoms with E-state index < -0.39 is 5.97 Å². The van der Waals surface area contributed by atoms with Crippen molar-refractivity contribution in [2.24, 2.45) is 10.9 Å². The van der Waals surface area contributed by atoms with Crippen LogP contribution in [0.5, 0.6) is 0 Å². The molecule has 0 aromatic carbocycles. The minimum Gasteiger partial charge on any atom is -0.477 e. The van der Waals surface area contributed by atoms with Gasteiger partial charge < -0.3 is 5.11 Å². The number of fused-ring (bicyclic) bond motifs is 1. The number of carboxylic acid groups (broad SMARTS) is 1. The van der Waals surface area contributed by atoms with Gasteiger partial charge in [0, 0.05) is 0 Å². The van der Waals surface area contributed by atoms with Gasteiger partial charge in [0.05, 0.1) is 6.04 Å². The van der Waals surface area contributed by atoms with Gasteiger partial charge in [-0.05, 0) is 24.8 Å². The van der Waals surface area contributed by atoms with E-state index in [1.165, 1.54) is 12.8 Å². The Balaban J connectivity index is 2.16. The Bertz CT molecular complexity index is 281. The third-order valence-corrected chi connectivity index (χ3v) is 2.81. The van der Waals surface area contributed by atoms with E-state index in [9.17, 15) is 4.79 Å². The highest BCUT2D eigenvalue weighted by Crippen LogP contribution is 2.30. The summed E-state index contributed by atoms with van der Waals surface area (Å²) < 4.78 is 0. The summed E-state index contributed by atoms with van der Waals surface area (Å²) in [6.45, 7) is 0. The number of hydrogen-bond acceptors (Lipinski definition) is 2. The van der Waals surface area contributed by atoms with Gasteiger partial charge in [0.25, 0.3) is 0 Å². The summed E-state index contributed by atoms with van der Waals surface area (Å²) in [5, 5.41) is 8.75. The lowest BCUT2D eigenvalue weighted by Gasteiger charge is -2.28. The van der Waals surface area contributed by atoms with Gasteiger partial charge >= 0.3 is 5.97 Å². The van der Waals surface area contributed by atoms with Crippen LogP contribution in [0.4, 0.5) is 0 Å². The third kappa shape index (κ3) is 1.64. The molecule has 1 fully saturated rings. The zero-order valence-electron chi connectivity index (χ0n) is 7.44. The molecule has 0 aromatic heterocycles. The zero-order valence-corrected chi connectivity index (χ0v) is 7.44. The highest BCUT2D eigenvalue weighted by molar-refractivity contribution is 6.40. The first-order valence-electron chi connectivity index (χ1n) is 4.76. The number of rotatable bonds is 1. The van der Waals surface area contributed by atoms with Crippen molar-refractivity contribution in [3.8, 4) is 0 Å². The fraction of sp³-hybridized carbons (Fsp3) is 0.600. The Hall–Kier alpha value is -1.12. The molecule has 0 saturated heterocycles. The molecule has 13 heavy (non-hydrogen) atoms. The maximum absolute atomic E-state index is 10.6. The van der Waals surface area contributed by atoms with Gasteiger partial charge in [-0.1, -0.05) is 18.9 Å². The molecule has 2 atom stereocenters. The van der Waals surface area contributed by atoms with Crippen LogP contribution in [0, 0.1) is 5.92 Å². The average Bonchev–Trinajstić information content (AvgIpc) is 2.17. The number of carbonyl (C=O) groups is 1. The first-order chi connectivity index (χ1) is 6.27. The van der Waals surface area contributed by atoms with Crippen LogP contribution in [0.2, 0.25) is 0 Å². The summed E-state index contributed by atoms with van der Waals surface area (Å²) in [5.41, 5.74) is 0.225. The number of carboxylic acids is 1. The molecule has 1 aliphatic carbocycles. The molecular formula is C10H13NO2. The summed E-state index contributed by atoms with van der Waals surface area (Å²) in [5.74, 6) is -0.405.